The average molecular weight is 388 g/mol. The predicted octanol–water partition coefficient (Wildman–Crippen LogP) is 5.15. The van der Waals surface area contributed by atoms with Crippen LogP contribution < -0.4 is 0 Å². The van der Waals surface area contributed by atoms with Crippen LogP contribution in [0.25, 0.3) is 11.5 Å². The minimum absolute atomic E-state index is 0.558. The normalized spacial score (nSPS) is 13.7. The van der Waals surface area contributed by atoms with Gasteiger partial charge in [0, 0.05) is 17.2 Å². The number of rotatable bonds is 7. The van der Waals surface area contributed by atoms with Gasteiger partial charge in [0.15, 0.2) is 5.16 Å². The van der Waals surface area contributed by atoms with Crippen molar-refractivity contribution in [1.82, 2.24) is 19.7 Å². The van der Waals surface area contributed by atoms with Gasteiger partial charge in [-0.2, -0.15) is 0 Å². The number of hydrogen-bond donors (Lipinski definition) is 0. The van der Waals surface area contributed by atoms with E-state index in [0.717, 1.165) is 28.8 Å². The molecule has 0 spiro atoms. The van der Waals surface area contributed by atoms with Crippen LogP contribution >= 0.6 is 11.8 Å². The van der Waals surface area contributed by atoms with Gasteiger partial charge in [0.25, 0.3) is 0 Å². The number of benzene rings is 2. The highest BCUT2D eigenvalue weighted by Crippen LogP contribution is 2.40. The minimum Gasteiger partial charge on any atom is -0.444 e. The van der Waals surface area contributed by atoms with Gasteiger partial charge in [0.2, 0.25) is 5.89 Å². The van der Waals surface area contributed by atoms with E-state index in [4.69, 9.17) is 4.42 Å². The summed E-state index contributed by atoms with van der Waals surface area (Å²) in [5, 5.41) is 9.90. The third-order valence-electron chi connectivity index (χ3n) is 4.79. The van der Waals surface area contributed by atoms with E-state index in [1.165, 1.54) is 18.4 Å². The van der Waals surface area contributed by atoms with Crippen LogP contribution in [0.3, 0.4) is 0 Å². The third-order valence-corrected chi connectivity index (χ3v) is 5.79. The minimum atomic E-state index is 0.558. The van der Waals surface area contributed by atoms with Crippen LogP contribution in [0.2, 0.25) is 0 Å². The predicted molar refractivity (Wildman–Crippen MR) is 109 cm³/mol. The van der Waals surface area contributed by atoms with Gasteiger partial charge < -0.3 is 8.98 Å². The molecule has 6 heteroatoms. The lowest BCUT2D eigenvalue weighted by Gasteiger charge is -2.09. The summed E-state index contributed by atoms with van der Waals surface area (Å²) in [5.41, 5.74) is 3.16. The van der Waals surface area contributed by atoms with Gasteiger partial charge in [0.1, 0.15) is 12.1 Å². The first kappa shape index (κ1) is 17.3. The fraction of sp³-hybridized carbons (Fsp3) is 0.227. The molecule has 1 saturated carbocycles. The van der Waals surface area contributed by atoms with Crippen LogP contribution in [-0.2, 0) is 12.3 Å². The van der Waals surface area contributed by atoms with Crippen molar-refractivity contribution in [1.29, 1.82) is 0 Å². The molecule has 0 N–H and O–H groups in total. The van der Waals surface area contributed by atoms with Gasteiger partial charge in [0.05, 0.1) is 12.2 Å². The zero-order valence-electron chi connectivity index (χ0n) is 15.4. The van der Waals surface area contributed by atoms with Gasteiger partial charge in [-0.05, 0) is 30.5 Å². The SMILES string of the molecule is c1ccc(Cn2c(SCc3coc(-c4ccccc4)n3)nnc2C2CC2)cc1. The molecule has 2 aromatic heterocycles. The fourth-order valence-electron chi connectivity index (χ4n) is 3.19. The van der Waals surface area contributed by atoms with Gasteiger partial charge >= 0.3 is 0 Å². The first-order valence-electron chi connectivity index (χ1n) is 9.46. The Morgan fingerprint density at radius 1 is 0.964 bits per heavy atom. The maximum absolute atomic E-state index is 5.65. The average Bonchev–Trinajstić information content (AvgIpc) is 3.34. The van der Waals surface area contributed by atoms with E-state index >= 15 is 0 Å². The second-order valence-corrected chi connectivity index (χ2v) is 7.93. The molecule has 0 unspecified atom stereocenters. The van der Waals surface area contributed by atoms with E-state index in [1.807, 2.05) is 36.4 Å². The van der Waals surface area contributed by atoms with Crippen molar-refractivity contribution in [2.45, 2.75) is 36.2 Å². The van der Waals surface area contributed by atoms with Crippen molar-refractivity contribution in [2.75, 3.05) is 0 Å². The molecule has 28 heavy (non-hydrogen) atoms. The highest BCUT2D eigenvalue weighted by atomic mass is 32.2. The third kappa shape index (κ3) is 3.73. The zero-order valence-corrected chi connectivity index (χ0v) is 16.2. The summed E-state index contributed by atoms with van der Waals surface area (Å²) in [6, 6.07) is 20.4. The van der Waals surface area contributed by atoms with E-state index < -0.39 is 0 Å². The standard InChI is InChI=1S/C22H20N4OS/c1-3-7-16(8-4-1)13-26-20(17-11-12-17)24-25-22(26)28-15-19-14-27-21(23-19)18-9-5-2-6-10-18/h1-10,14,17H,11-13,15H2. The molecule has 1 aliphatic rings. The summed E-state index contributed by atoms with van der Waals surface area (Å²) in [6.45, 7) is 0.802. The molecule has 2 heterocycles. The Morgan fingerprint density at radius 3 is 2.46 bits per heavy atom. The van der Waals surface area contributed by atoms with E-state index in [9.17, 15) is 0 Å². The molecule has 0 bridgehead atoms. The molecule has 0 radical (unpaired) electrons. The molecule has 5 rings (SSSR count). The van der Waals surface area contributed by atoms with Crippen LogP contribution in [0.15, 0.2) is 76.5 Å². The van der Waals surface area contributed by atoms with Crippen LogP contribution in [0.1, 0.15) is 35.8 Å². The van der Waals surface area contributed by atoms with E-state index in [2.05, 4.69) is 44.0 Å². The highest BCUT2D eigenvalue weighted by Gasteiger charge is 2.30. The van der Waals surface area contributed by atoms with Gasteiger partial charge in [-0.3, -0.25) is 0 Å². The Morgan fingerprint density at radius 2 is 1.71 bits per heavy atom. The first-order valence-corrected chi connectivity index (χ1v) is 10.4. The van der Waals surface area contributed by atoms with Crippen molar-refractivity contribution in [3.05, 3.63) is 84.0 Å². The highest BCUT2D eigenvalue weighted by molar-refractivity contribution is 7.98. The molecule has 2 aromatic carbocycles. The van der Waals surface area contributed by atoms with Gasteiger partial charge in [-0.15, -0.1) is 10.2 Å². The summed E-state index contributed by atoms with van der Waals surface area (Å²) >= 11 is 1.66. The number of oxazole rings is 1. The maximum Gasteiger partial charge on any atom is 0.226 e. The van der Waals surface area contributed by atoms with Crippen molar-refractivity contribution in [3.8, 4) is 11.5 Å². The molecule has 0 amide bonds. The Kier molecular flexibility index (Phi) is 4.71. The molecule has 4 aromatic rings. The molecule has 0 saturated heterocycles. The number of thioether (sulfide) groups is 1. The van der Waals surface area contributed by atoms with Crippen molar-refractivity contribution >= 4 is 11.8 Å². The molecule has 0 aliphatic heterocycles. The largest absolute Gasteiger partial charge is 0.444 e. The van der Waals surface area contributed by atoms with Crippen molar-refractivity contribution < 1.29 is 4.42 Å². The summed E-state index contributed by atoms with van der Waals surface area (Å²) in [7, 11) is 0. The van der Waals surface area contributed by atoms with Crippen molar-refractivity contribution in [3.63, 3.8) is 0 Å². The molecule has 1 fully saturated rings. The Bertz CT molecular complexity index is 1050. The van der Waals surface area contributed by atoms with Crippen LogP contribution in [-0.4, -0.2) is 19.7 Å². The molecule has 140 valence electrons. The second-order valence-electron chi connectivity index (χ2n) is 6.99. The molecule has 1 aliphatic carbocycles. The van der Waals surface area contributed by atoms with Crippen LogP contribution in [0.5, 0.6) is 0 Å². The van der Waals surface area contributed by atoms with Crippen molar-refractivity contribution in [2.24, 2.45) is 0 Å². The van der Waals surface area contributed by atoms with E-state index in [-0.39, 0.29) is 0 Å². The van der Waals surface area contributed by atoms with Gasteiger partial charge in [-0.1, -0.05) is 60.3 Å². The molecular weight excluding hydrogens is 368 g/mol. The molecular formula is C22H20N4OS. The first-order chi connectivity index (χ1) is 13.9. The Hall–Kier alpha value is -2.86. The Labute approximate surface area is 167 Å². The summed E-state index contributed by atoms with van der Waals surface area (Å²) in [5.74, 6) is 3.02. The summed E-state index contributed by atoms with van der Waals surface area (Å²) < 4.78 is 7.91. The molecule has 0 atom stereocenters. The molecule has 5 nitrogen and oxygen atoms in total. The van der Waals surface area contributed by atoms with Crippen LogP contribution in [0.4, 0.5) is 0 Å². The van der Waals surface area contributed by atoms with E-state index in [0.29, 0.717) is 17.6 Å². The topological polar surface area (TPSA) is 56.7 Å². The Balaban J connectivity index is 1.34. The lowest BCUT2D eigenvalue weighted by molar-refractivity contribution is 0.573. The monoisotopic (exact) mass is 388 g/mol. The van der Waals surface area contributed by atoms with E-state index in [1.54, 1.807) is 18.0 Å². The van der Waals surface area contributed by atoms with Crippen LogP contribution in [0, 0.1) is 0 Å². The fourth-order valence-corrected chi connectivity index (χ4v) is 4.01. The lowest BCUT2D eigenvalue weighted by atomic mass is 10.2. The quantitative estimate of drug-likeness (QED) is 0.410. The zero-order chi connectivity index (χ0) is 18.8. The number of hydrogen-bond acceptors (Lipinski definition) is 5. The number of aromatic nitrogens is 4. The lowest BCUT2D eigenvalue weighted by Crippen LogP contribution is -2.06. The second kappa shape index (κ2) is 7.64. The van der Waals surface area contributed by atoms with Gasteiger partial charge in [-0.25, -0.2) is 4.98 Å². The maximum atomic E-state index is 5.65. The summed E-state index contributed by atoms with van der Waals surface area (Å²) in [4.78, 5) is 4.62. The smallest absolute Gasteiger partial charge is 0.226 e. The number of nitrogens with zero attached hydrogens (tertiary/aromatic N) is 4. The summed E-state index contributed by atoms with van der Waals surface area (Å²) in [6.07, 6.45) is 4.15.